The summed E-state index contributed by atoms with van der Waals surface area (Å²) in [6.07, 6.45) is 2.60. The van der Waals surface area contributed by atoms with Crippen LogP contribution < -0.4 is 0 Å². The van der Waals surface area contributed by atoms with Crippen LogP contribution in [0.2, 0.25) is 0 Å². The molecule has 0 saturated heterocycles. The molecule has 1 aromatic rings. The molecule has 2 nitrogen and oxygen atoms in total. The molecule has 0 radical (unpaired) electrons. The summed E-state index contributed by atoms with van der Waals surface area (Å²) in [5.41, 5.74) is 2.53. The molecule has 1 aliphatic carbocycles. The molecule has 0 heterocycles. The highest BCUT2D eigenvalue weighted by Gasteiger charge is 2.18. The van der Waals surface area contributed by atoms with E-state index in [0.717, 1.165) is 36.1 Å². The third kappa shape index (κ3) is 1.50. The second-order valence-corrected chi connectivity index (χ2v) is 3.34. The smallest absolute Gasteiger partial charge is 0.127 e. The summed E-state index contributed by atoms with van der Waals surface area (Å²) in [4.78, 5) is 4.74. The van der Waals surface area contributed by atoms with Crippen LogP contribution in [0, 0.1) is 5.82 Å². The van der Waals surface area contributed by atoms with Crippen molar-refractivity contribution in [2.75, 3.05) is 7.11 Å². The van der Waals surface area contributed by atoms with Crippen molar-refractivity contribution in [3.05, 3.63) is 35.1 Å². The Morgan fingerprint density at radius 2 is 2.21 bits per heavy atom. The molecular formula is C11H12FNO. The zero-order chi connectivity index (χ0) is 9.97. The average molecular weight is 193 g/mol. The van der Waals surface area contributed by atoms with Crippen molar-refractivity contribution in [1.82, 2.24) is 0 Å². The fraction of sp³-hybridized carbons (Fsp3) is 0.364. The highest BCUT2D eigenvalue weighted by molar-refractivity contribution is 6.02. The van der Waals surface area contributed by atoms with E-state index in [-0.39, 0.29) is 5.82 Å². The first-order valence-electron chi connectivity index (χ1n) is 4.70. The summed E-state index contributed by atoms with van der Waals surface area (Å²) in [5.74, 6) is -0.133. The van der Waals surface area contributed by atoms with E-state index in [1.54, 1.807) is 6.07 Å². The lowest BCUT2D eigenvalue weighted by Gasteiger charge is -2.17. The molecule has 0 saturated carbocycles. The van der Waals surface area contributed by atoms with E-state index in [0.29, 0.717) is 0 Å². The van der Waals surface area contributed by atoms with Gasteiger partial charge in [-0.1, -0.05) is 17.3 Å². The fourth-order valence-electron chi connectivity index (χ4n) is 1.86. The number of hydrogen-bond donors (Lipinski definition) is 0. The Morgan fingerprint density at radius 1 is 1.36 bits per heavy atom. The van der Waals surface area contributed by atoms with Crippen LogP contribution >= 0.6 is 0 Å². The van der Waals surface area contributed by atoms with Crippen LogP contribution in [0.3, 0.4) is 0 Å². The van der Waals surface area contributed by atoms with Gasteiger partial charge >= 0.3 is 0 Å². The molecule has 0 aliphatic heterocycles. The minimum Gasteiger partial charge on any atom is -0.399 e. The topological polar surface area (TPSA) is 21.6 Å². The number of nitrogens with zero attached hydrogens (tertiary/aromatic N) is 1. The second kappa shape index (κ2) is 3.78. The van der Waals surface area contributed by atoms with E-state index in [1.807, 2.05) is 6.07 Å². The van der Waals surface area contributed by atoms with Crippen molar-refractivity contribution in [3.63, 3.8) is 0 Å². The number of halogens is 1. The molecule has 0 aromatic heterocycles. The number of benzene rings is 1. The van der Waals surface area contributed by atoms with Crippen LogP contribution in [-0.2, 0) is 11.3 Å². The number of rotatable bonds is 1. The molecular weight excluding hydrogens is 181 g/mol. The first-order valence-corrected chi connectivity index (χ1v) is 4.70. The van der Waals surface area contributed by atoms with Gasteiger partial charge in [0, 0.05) is 5.56 Å². The van der Waals surface area contributed by atoms with Crippen molar-refractivity contribution >= 4 is 5.71 Å². The molecule has 1 aliphatic rings. The normalized spacial score (nSPS) is 18.0. The third-order valence-corrected chi connectivity index (χ3v) is 2.47. The monoisotopic (exact) mass is 193 g/mol. The van der Waals surface area contributed by atoms with Crippen molar-refractivity contribution in [1.29, 1.82) is 0 Å². The van der Waals surface area contributed by atoms with Gasteiger partial charge in [-0.2, -0.15) is 0 Å². The predicted molar refractivity (Wildman–Crippen MR) is 52.9 cm³/mol. The fourth-order valence-corrected chi connectivity index (χ4v) is 1.86. The van der Waals surface area contributed by atoms with Gasteiger partial charge in [0.25, 0.3) is 0 Å². The minimum absolute atomic E-state index is 0.133. The van der Waals surface area contributed by atoms with Gasteiger partial charge in [0.1, 0.15) is 12.9 Å². The molecule has 0 atom stereocenters. The number of hydrogen-bond acceptors (Lipinski definition) is 2. The Morgan fingerprint density at radius 3 is 3.00 bits per heavy atom. The standard InChI is InChI=1S/C11H12FNO/c1-14-13-11-7-3-4-8-9(11)5-2-6-10(8)12/h2,5-6H,3-4,7H2,1H3/b13-11+. The van der Waals surface area contributed by atoms with E-state index in [4.69, 9.17) is 4.84 Å². The molecule has 0 amide bonds. The third-order valence-electron chi connectivity index (χ3n) is 2.47. The molecule has 0 fully saturated rings. The zero-order valence-corrected chi connectivity index (χ0v) is 8.09. The molecule has 0 spiro atoms. The van der Waals surface area contributed by atoms with Crippen LogP contribution in [0.25, 0.3) is 0 Å². The first-order chi connectivity index (χ1) is 6.83. The molecule has 14 heavy (non-hydrogen) atoms. The van der Waals surface area contributed by atoms with Crippen LogP contribution in [0.1, 0.15) is 24.0 Å². The van der Waals surface area contributed by atoms with Crippen LogP contribution in [0.4, 0.5) is 4.39 Å². The van der Waals surface area contributed by atoms with Crippen LogP contribution in [0.15, 0.2) is 23.4 Å². The molecule has 74 valence electrons. The van der Waals surface area contributed by atoms with Crippen molar-refractivity contribution in [2.45, 2.75) is 19.3 Å². The van der Waals surface area contributed by atoms with Crippen molar-refractivity contribution in [3.8, 4) is 0 Å². The van der Waals surface area contributed by atoms with Crippen molar-refractivity contribution < 1.29 is 9.23 Å². The van der Waals surface area contributed by atoms with Gasteiger partial charge in [0.05, 0.1) is 5.71 Å². The molecule has 0 bridgehead atoms. The Bertz CT molecular complexity index is 374. The zero-order valence-electron chi connectivity index (χ0n) is 8.09. The molecule has 1 aromatic carbocycles. The summed E-state index contributed by atoms with van der Waals surface area (Å²) in [6, 6.07) is 5.11. The first kappa shape index (κ1) is 9.19. The maximum Gasteiger partial charge on any atom is 0.127 e. The number of oxime groups is 1. The summed E-state index contributed by atoms with van der Waals surface area (Å²) in [5, 5.41) is 3.92. The summed E-state index contributed by atoms with van der Waals surface area (Å²) in [7, 11) is 1.51. The summed E-state index contributed by atoms with van der Waals surface area (Å²) < 4.78 is 13.4. The lowest BCUT2D eigenvalue weighted by molar-refractivity contribution is 0.212. The maximum atomic E-state index is 13.4. The van der Waals surface area contributed by atoms with Crippen molar-refractivity contribution in [2.24, 2.45) is 5.16 Å². The van der Waals surface area contributed by atoms with Crippen LogP contribution in [-0.4, -0.2) is 12.8 Å². The summed E-state index contributed by atoms with van der Waals surface area (Å²) in [6.45, 7) is 0. The SMILES string of the molecule is CO/N=C1\CCCc2c(F)cccc21. The van der Waals surface area contributed by atoms with E-state index < -0.39 is 0 Å². The highest BCUT2D eigenvalue weighted by Crippen LogP contribution is 2.24. The molecule has 0 N–H and O–H groups in total. The predicted octanol–water partition coefficient (Wildman–Crippen LogP) is 2.51. The summed E-state index contributed by atoms with van der Waals surface area (Å²) >= 11 is 0. The van der Waals surface area contributed by atoms with Gasteiger partial charge in [-0.25, -0.2) is 4.39 Å². The van der Waals surface area contributed by atoms with E-state index in [2.05, 4.69) is 5.16 Å². The van der Waals surface area contributed by atoms with E-state index >= 15 is 0 Å². The Kier molecular flexibility index (Phi) is 2.48. The molecule has 0 unspecified atom stereocenters. The van der Waals surface area contributed by atoms with Gasteiger partial charge in [-0.3, -0.25) is 0 Å². The van der Waals surface area contributed by atoms with E-state index in [9.17, 15) is 4.39 Å². The molecule has 2 rings (SSSR count). The van der Waals surface area contributed by atoms with Gasteiger partial charge in [-0.15, -0.1) is 0 Å². The number of fused-ring (bicyclic) bond motifs is 1. The quantitative estimate of drug-likeness (QED) is 0.628. The van der Waals surface area contributed by atoms with E-state index in [1.165, 1.54) is 13.2 Å². The van der Waals surface area contributed by atoms with Gasteiger partial charge in [0.2, 0.25) is 0 Å². The Balaban J connectivity index is 2.50. The lowest BCUT2D eigenvalue weighted by Crippen LogP contribution is -2.13. The highest BCUT2D eigenvalue weighted by atomic mass is 19.1. The van der Waals surface area contributed by atoms with Gasteiger partial charge in [-0.05, 0) is 30.9 Å². The molecule has 3 heteroatoms. The lowest BCUT2D eigenvalue weighted by atomic mass is 9.90. The maximum absolute atomic E-state index is 13.4. The largest absolute Gasteiger partial charge is 0.399 e. The second-order valence-electron chi connectivity index (χ2n) is 3.34. The minimum atomic E-state index is -0.133. The Hall–Kier alpha value is -1.38. The Labute approximate surface area is 82.4 Å². The van der Waals surface area contributed by atoms with Crippen LogP contribution in [0.5, 0.6) is 0 Å². The van der Waals surface area contributed by atoms with Gasteiger partial charge < -0.3 is 4.84 Å². The average Bonchev–Trinajstić information content (AvgIpc) is 2.20. The van der Waals surface area contributed by atoms with Gasteiger partial charge in [0.15, 0.2) is 0 Å².